The molecule has 5 rings (SSSR count). The molecule has 3 aromatic carbocycles. The molecule has 0 bridgehead atoms. The first-order chi connectivity index (χ1) is 15.9. The number of aliphatic imine (C=N–C) groups is 1. The lowest BCUT2D eigenvalue weighted by molar-refractivity contribution is 0.402. The fraction of sp³-hybridized carbons (Fsp3) is 0.120. The Hall–Kier alpha value is -3.81. The number of rotatable bonds is 5. The molecule has 0 radical (unpaired) electrons. The van der Waals surface area contributed by atoms with Crippen LogP contribution in [0.5, 0.6) is 5.88 Å². The number of aromatic nitrogens is 2. The highest BCUT2D eigenvalue weighted by atomic mass is 35.5. The summed E-state index contributed by atoms with van der Waals surface area (Å²) in [5.74, 6) is -0.544. The monoisotopic (exact) mass is 460 g/mol. The summed E-state index contributed by atoms with van der Waals surface area (Å²) in [4.78, 5) is 24.3. The third-order valence-corrected chi connectivity index (χ3v) is 5.58. The molecule has 0 unspecified atom stereocenters. The van der Waals surface area contributed by atoms with Crippen molar-refractivity contribution in [2.24, 2.45) is 4.99 Å². The standard InChI is InChI=1S/C25H21ClN4O3/c1-30(2)13-14-3-7-17(8-4-14)27-23(15-5-10-21-20(11-15)29-25(32)33-21)22-18-9-6-16(26)12-19(18)28-24(22)31/h3-12,28,31H,13H2,1-2H3,(H,29,32). The van der Waals surface area contributed by atoms with Crippen LogP contribution in [0.15, 0.2) is 74.9 Å². The fourth-order valence-corrected chi connectivity index (χ4v) is 4.10. The van der Waals surface area contributed by atoms with Gasteiger partial charge < -0.3 is 19.4 Å². The first kappa shape index (κ1) is 21.1. The lowest BCUT2D eigenvalue weighted by Gasteiger charge is -2.10. The van der Waals surface area contributed by atoms with E-state index in [1.165, 1.54) is 5.56 Å². The summed E-state index contributed by atoms with van der Waals surface area (Å²) in [6.45, 7) is 0.825. The van der Waals surface area contributed by atoms with E-state index in [1.54, 1.807) is 24.3 Å². The molecule has 33 heavy (non-hydrogen) atoms. The van der Waals surface area contributed by atoms with Crippen molar-refractivity contribution in [2.75, 3.05) is 14.1 Å². The molecule has 7 nitrogen and oxygen atoms in total. The van der Waals surface area contributed by atoms with Gasteiger partial charge in [0.15, 0.2) is 11.5 Å². The zero-order chi connectivity index (χ0) is 23.1. The van der Waals surface area contributed by atoms with Crippen molar-refractivity contribution >= 4 is 45.0 Å². The zero-order valence-corrected chi connectivity index (χ0v) is 18.8. The number of fused-ring (bicyclic) bond motifs is 2. The highest BCUT2D eigenvalue weighted by Gasteiger charge is 2.20. The second-order valence-corrected chi connectivity index (χ2v) is 8.57. The van der Waals surface area contributed by atoms with Gasteiger partial charge in [-0.15, -0.1) is 0 Å². The molecule has 0 aliphatic rings. The second-order valence-electron chi connectivity index (χ2n) is 8.13. The van der Waals surface area contributed by atoms with Gasteiger partial charge in [0.2, 0.25) is 0 Å². The summed E-state index contributed by atoms with van der Waals surface area (Å²) in [6, 6.07) is 18.6. The number of H-pyrrole nitrogens is 2. The number of nitrogens with one attached hydrogen (secondary N) is 2. The average molecular weight is 461 g/mol. The SMILES string of the molecule is CN(C)Cc1ccc(N=C(c2ccc3oc(=O)[nH]c3c2)c2c(O)[nH]c3cc(Cl)ccc23)cc1. The van der Waals surface area contributed by atoms with E-state index in [2.05, 4.69) is 14.9 Å². The van der Waals surface area contributed by atoms with Gasteiger partial charge in [-0.1, -0.05) is 29.8 Å². The number of halogens is 1. The smallest absolute Gasteiger partial charge is 0.417 e. The van der Waals surface area contributed by atoms with Gasteiger partial charge in [-0.3, -0.25) is 4.98 Å². The lowest BCUT2D eigenvalue weighted by atomic mass is 10.0. The van der Waals surface area contributed by atoms with Crippen molar-refractivity contribution in [2.45, 2.75) is 6.54 Å². The first-order valence-electron chi connectivity index (χ1n) is 10.3. The summed E-state index contributed by atoms with van der Waals surface area (Å²) in [5.41, 5.74) is 5.40. The molecule has 2 aromatic heterocycles. The molecular formula is C25H21ClN4O3. The van der Waals surface area contributed by atoms with Gasteiger partial charge in [-0.05, 0) is 62.1 Å². The molecule has 0 aliphatic heterocycles. The summed E-state index contributed by atoms with van der Waals surface area (Å²) in [5, 5.41) is 12.2. The van der Waals surface area contributed by atoms with Gasteiger partial charge in [0, 0.05) is 22.5 Å². The van der Waals surface area contributed by atoms with E-state index >= 15 is 0 Å². The van der Waals surface area contributed by atoms with Crippen LogP contribution in [0.2, 0.25) is 5.02 Å². The maximum atomic E-state index is 11.6. The van der Waals surface area contributed by atoms with Crippen LogP contribution in [0.25, 0.3) is 22.0 Å². The Morgan fingerprint density at radius 1 is 1.03 bits per heavy atom. The topological polar surface area (TPSA) is 97.6 Å². The van der Waals surface area contributed by atoms with E-state index in [9.17, 15) is 9.90 Å². The van der Waals surface area contributed by atoms with E-state index in [0.29, 0.717) is 38.5 Å². The van der Waals surface area contributed by atoms with Crippen LogP contribution in [0, 0.1) is 0 Å². The maximum Gasteiger partial charge on any atom is 0.417 e. The number of aromatic amines is 2. The molecular weight excluding hydrogens is 440 g/mol. The molecule has 0 amide bonds. The maximum absolute atomic E-state index is 11.6. The van der Waals surface area contributed by atoms with E-state index < -0.39 is 5.76 Å². The minimum atomic E-state index is -0.526. The Morgan fingerprint density at radius 3 is 2.58 bits per heavy atom. The Labute approximate surface area is 194 Å². The molecule has 0 aliphatic carbocycles. The minimum Gasteiger partial charge on any atom is -0.494 e. The van der Waals surface area contributed by atoms with Gasteiger partial charge in [0.25, 0.3) is 0 Å². The number of hydrogen-bond donors (Lipinski definition) is 3. The number of benzene rings is 3. The Bertz CT molecular complexity index is 1560. The summed E-state index contributed by atoms with van der Waals surface area (Å²) >= 11 is 6.15. The highest BCUT2D eigenvalue weighted by Crippen LogP contribution is 2.33. The third kappa shape index (κ3) is 4.16. The predicted octanol–water partition coefficient (Wildman–Crippen LogP) is 5.19. The van der Waals surface area contributed by atoms with Gasteiger partial charge >= 0.3 is 5.76 Å². The Balaban J connectivity index is 1.71. The number of hydrogen-bond acceptors (Lipinski definition) is 5. The van der Waals surface area contributed by atoms with E-state index in [1.807, 2.05) is 50.5 Å². The normalized spacial score (nSPS) is 12.3. The van der Waals surface area contributed by atoms with Crippen molar-refractivity contribution in [3.8, 4) is 5.88 Å². The molecule has 5 aromatic rings. The molecule has 0 fully saturated rings. The number of aromatic hydroxyl groups is 1. The van der Waals surface area contributed by atoms with Crippen molar-refractivity contribution in [1.29, 1.82) is 0 Å². The quantitative estimate of drug-likeness (QED) is 0.314. The Kier molecular flexibility index (Phi) is 5.28. The van der Waals surface area contributed by atoms with Gasteiger partial charge in [-0.25, -0.2) is 9.79 Å². The van der Waals surface area contributed by atoms with Crippen LogP contribution in [-0.2, 0) is 6.54 Å². The number of oxazole rings is 1. The van der Waals surface area contributed by atoms with E-state index in [-0.39, 0.29) is 5.88 Å². The number of nitrogens with zero attached hydrogens (tertiary/aromatic N) is 2. The highest BCUT2D eigenvalue weighted by molar-refractivity contribution is 6.31. The molecule has 8 heteroatoms. The zero-order valence-electron chi connectivity index (χ0n) is 18.0. The minimum absolute atomic E-state index is 0.0176. The summed E-state index contributed by atoms with van der Waals surface area (Å²) in [6.07, 6.45) is 0. The van der Waals surface area contributed by atoms with Crippen LogP contribution < -0.4 is 5.76 Å². The molecule has 0 saturated heterocycles. The first-order valence-corrected chi connectivity index (χ1v) is 10.7. The summed E-state index contributed by atoms with van der Waals surface area (Å²) in [7, 11) is 4.04. The van der Waals surface area contributed by atoms with Crippen molar-refractivity contribution in [1.82, 2.24) is 14.9 Å². The van der Waals surface area contributed by atoms with Crippen LogP contribution in [0.4, 0.5) is 5.69 Å². The van der Waals surface area contributed by atoms with Crippen LogP contribution in [-0.4, -0.2) is 39.8 Å². The molecule has 166 valence electrons. The van der Waals surface area contributed by atoms with Crippen LogP contribution in [0.1, 0.15) is 16.7 Å². The third-order valence-electron chi connectivity index (χ3n) is 5.35. The van der Waals surface area contributed by atoms with Gasteiger partial charge in [0.05, 0.1) is 28.0 Å². The van der Waals surface area contributed by atoms with Crippen molar-refractivity contribution in [3.63, 3.8) is 0 Å². The molecule has 0 atom stereocenters. The fourth-order valence-electron chi connectivity index (χ4n) is 3.93. The molecule has 0 spiro atoms. The summed E-state index contributed by atoms with van der Waals surface area (Å²) < 4.78 is 5.14. The van der Waals surface area contributed by atoms with Crippen LogP contribution in [0.3, 0.4) is 0 Å². The largest absolute Gasteiger partial charge is 0.494 e. The lowest BCUT2D eigenvalue weighted by Crippen LogP contribution is -2.10. The average Bonchev–Trinajstić information content (AvgIpc) is 3.29. The Morgan fingerprint density at radius 2 is 1.82 bits per heavy atom. The van der Waals surface area contributed by atoms with Crippen LogP contribution >= 0.6 is 11.6 Å². The van der Waals surface area contributed by atoms with Gasteiger partial charge in [-0.2, -0.15) is 0 Å². The van der Waals surface area contributed by atoms with E-state index in [4.69, 9.17) is 21.0 Å². The van der Waals surface area contributed by atoms with Gasteiger partial charge in [0.1, 0.15) is 0 Å². The molecule has 3 N–H and O–H groups in total. The second kappa shape index (κ2) is 8.27. The molecule has 0 saturated carbocycles. The predicted molar refractivity (Wildman–Crippen MR) is 131 cm³/mol. The van der Waals surface area contributed by atoms with E-state index in [0.717, 1.165) is 17.6 Å². The van der Waals surface area contributed by atoms with Crippen molar-refractivity contribution < 1.29 is 9.52 Å². The molecule has 2 heterocycles. The van der Waals surface area contributed by atoms with Crippen molar-refractivity contribution in [3.05, 3.63) is 92.9 Å².